The number of nitrogens with zero attached hydrogens (tertiary/aromatic N) is 3. The van der Waals surface area contributed by atoms with E-state index in [4.69, 9.17) is 4.74 Å². The second kappa shape index (κ2) is 9.12. The van der Waals surface area contributed by atoms with E-state index in [1.807, 2.05) is 0 Å². The fourth-order valence-electron chi connectivity index (χ4n) is 2.91. The fourth-order valence-corrected chi connectivity index (χ4v) is 2.91. The molecule has 1 fully saturated rings. The number of anilines is 2. The number of likely N-dealkylation sites (tertiary alicyclic amines) is 1. The molecule has 0 radical (unpaired) electrons. The number of benzene rings is 1. The van der Waals surface area contributed by atoms with Crippen LogP contribution in [0.5, 0.6) is 0 Å². The first-order chi connectivity index (χ1) is 13.6. The lowest BCUT2D eigenvalue weighted by Gasteiger charge is -2.31. The Hall–Kier alpha value is -3.23. The first-order valence-corrected chi connectivity index (χ1v) is 9.14. The number of amides is 2. The minimum Gasteiger partial charge on any atom is -0.450 e. The molecule has 28 heavy (non-hydrogen) atoms. The Kier molecular flexibility index (Phi) is 6.36. The van der Waals surface area contributed by atoms with E-state index in [-0.39, 0.29) is 23.5 Å². The van der Waals surface area contributed by atoms with Crippen molar-refractivity contribution in [2.75, 3.05) is 30.3 Å². The third-order valence-electron chi connectivity index (χ3n) is 4.36. The molecule has 2 amide bonds. The molecule has 1 aromatic carbocycles. The molecule has 1 saturated heterocycles. The summed E-state index contributed by atoms with van der Waals surface area (Å²) in [6, 6.07) is 7.47. The molecule has 2 aromatic rings. The van der Waals surface area contributed by atoms with E-state index >= 15 is 0 Å². The van der Waals surface area contributed by atoms with E-state index in [9.17, 15) is 14.0 Å². The molecule has 0 saturated carbocycles. The molecule has 148 valence electrons. The van der Waals surface area contributed by atoms with Crippen LogP contribution in [0.4, 0.5) is 20.8 Å². The van der Waals surface area contributed by atoms with E-state index in [2.05, 4.69) is 20.6 Å². The Morgan fingerprint density at radius 1 is 1.25 bits per heavy atom. The number of hydrogen-bond donors (Lipinski definition) is 2. The van der Waals surface area contributed by atoms with Crippen LogP contribution in [0.3, 0.4) is 0 Å². The van der Waals surface area contributed by atoms with Crippen molar-refractivity contribution in [2.45, 2.75) is 25.8 Å². The van der Waals surface area contributed by atoms with Gasteiger partial charge in [-0.15, -0.1) is 0 Å². The zero-order valence-electron chi connectivity index (χ0n) is 15.5. The molecule has 0 spiro atoms. The van der Waals surface area contributed by atoms with E-state index in [0.29, 0.717) is 38.5 Å². The van der Waals surface area contributed by atoms with Gasteiger partial charge in [-0.05, 0) is 38.0 Å². The number of carbonyl (C=O) groups is 2. The van der Waals surface area contributed by atoms with Gasteiger partial charge in [0, 0.05) is 25.3 Å². The van der Waals surface area contributed by atoms with Gasteiger partial charge in [-0.3, -0.25) is 4.79 Å². The highest BCUT2D eigenvalue weighted by molar-refractivity contribution is 6.03. The Morgan fingerprint density at radius 2 is 2.00 bits per heavy atom. The highest BCUT2D eigenvalue weighted by Crippen LogP contribution is 2.16. The van der Waals surface area contributed by atoms with Crippen molar-refractivity contribution >= 4 is 23.6 Å². The van der Waals surface area contributed by atoms with Gasteiger partial charge in [-0.1, -0.05) is 12.1 Å². The zero-order valence-corrected chi connectivity index (χ0v) is 15.5. The third-order valence-corrected chi connectivity index (χ3v) is 4.36. The molecular weight excluding hydrogens is 365 g/mol. The molecule has 8 nitrogen and oxygen atoms in total. The van der Waals surface area contributed by atoms with Crippen molar-refractivity contribution in [3.05, 3.63) is 48.0 Å². The lowest BCUT2D eigenvalue weighted by atomic mass is 10.1. The van der Waals surface area contributed by atoms with Crippen molar-refractivity contribution in [3.8, 4) is 0 Å². The molecule has 1 aliphatic rings. The van der Waals surface area contributed by atoms with Crippen LogP contribution in [0.25, 0.3) is 0 Å². The van der Waals surface area contributed by atoms with Gasteiger partial charge in [0.1, 0.15) is 11.5 Å². The number of aromatic nitrogens is 2. The summed E-state index contributed by atoms with van der Waals surface area (Å²) in [5, 5.41) is 5.69. The van der Waals surface area contributed by atoms with Crippen molar-refractivity contribution < 1.29 is 18.7 Å². The summed E-state index contributed by atoms with van der Waals surface area (Å²) in [6.45, 7) is 3.28. The number of ether oxygens (including phenoxy) is 1. The molecular formula is C19H22FN5O3. The predicted molar refractivity (Wildman–Crippen MR) is 102 cm³/mol. The number of carbonyl (C=O) groups excluding carboxylic acids is 2. The summed E-state index contributed by atoms with van der Waals surface area (Å²) in [6.07, 6.45) is 2.60. The van der Waals surface area contributed by atoms with Crippen molar-refractivity contribution in [3.63, 3.8) is 0 Å². The standard InChI is InChI=1S/C19H22FN5O3/c1-2-28-19(27)25-11-8-13(9-12-25)22-18-21-10-7-16(24-18)17(26)23-15-6-4-3-5-14(15)20/h3-7,10,13H,2,8-9,11-12H2,1H3,(H,23,26)(H,21,22,24). The van der Waals surface area contributed by atoms with Gasteiger partial charge in [0.25, 0.3) is 5.91 Å². The number of rotatable bonds is 5. The SMILES string of the molecule is CCOC(=O)N1CCC(Nc2nccc(C(=O)Nc3ccccc3F)n2)CC1. The smallest absolute Gasteiger partial charge is 0.409 e. The molecule has 3 rings (SSSR count). The van der Waals surface area contributed by atoms with E-state index in [0.717, 1.165) is 0 Å². The average molecular weight is 387 g/mol. The van der Waals surface area contributed by atoms with E-state index in [1.165, 1.54) is 24.4 Å². The second-order valence-corrected chi connectivity index (χ2v) is 6.30. The molecule has 1 aromatic heterocycles. The Labute approximate surface area is 162 Å². The normalized spacial score (nSPS) is 14.4. The molecule has 0 bridgehead atoms. The van der Waals surface area contributed by atoms with Crippen LogP contribution in [0.15, 0.2) is 36.5 Å². The summed E-state index contributed by atoms with van der Waals surface area (Å²) in [4.78, 5) is 34.1. The monoisotopic (exact) mass is 387 g/mol. The maximum Gasteiger partial charge on any atom is 0.409 e. The molecule has 9 heteroatoms. The summed E-state index contributed by atoms with van der Waals surface area (Å²) in [5.41, 5.74) is 0.219. The lowest BCUT2D eigenvalue weighted by Crippen LogP contribution is -2.42. The Balaban J connectivity index is 1.57. The number of piperidine rings is 1. The van der Waals surface area contributed by atoms with Gasteiger partial charge < -0.3 is 20.3 Å². The second-order valence-electron chi connectivity index (χ2n) is 6.30. The van der Waals surface area contributed by atoms with Crippen molar-refractivity contribution in [1.82, 2.24) is 14.9 Å². The van der Waals surface area contributed by atoms with Crippen LogP contribution in [0.1, 0.15) is 30.3 Å². The van der Waals surface area contributed by atoms with Crippen LogP contribution in [-0.4, -0.2) is 52.6 Å². The molecule has 2 N–H and O–H groups in total. The number of para-hydroxylation sites is 1. The van der Waals surface area contributed by atoms with Gasteiger partial charge in [-0.2, -0.15) is 0 Å². The highest BCUT2D eigenvalue weighted by atomic mass is 19.1. The maximum absolute atomic E-state index is 13.7. The molecule has 1 aliphatic heterocycles. The Morgan fingerprint density at radius 3 is 2.71 bits per heavy atom. The van der Waals surface area contributed by atoms with Crippen LogP contribution in [0.2, 0.25) is 0 Å². The third kappa shape index (κ3) is 4.93. The van der Waals surface area contributed by atoms with Gasteiger partial charge >= 0.3 is 6.09 Å². The Bertz CT molecular complexity index is 840. The van der Waals surface area contributed by atoms with Crippen LogP contribution in [0, 0.1) is 5.82 Å². The number of nitrogens with one attached hydrogen (secondary N) is 2. The minimum atomic E-state index is -0.521. The van der Waals surface area contributed by atoms with Gasteiger partial charge in [0.05, 0.1) is 12.3 Å². The largest absolute Gasteiger partial charge is 0.450 e. The predicted octanol–water partition coefficient (Wildman–Crippen LogP) is 2.90. The van der Waals surface area contributed by atoms with E-state index in [1.54, 1.807) is 24.0 Å². The number of halogens is 1. The van der Waals surface area contributed by atoms with Crippen LogP contribution >= 0.6 is 0 Å². The van der Waals surface area contributed by atoms with Gasteiger partial charge in [0.2, 0.25) is 5.95 Å². The molecule has 0 unspecified atom stereocenters. The van der Waals surface area contributed by atoms with Gasteiger partial charge in [0.15, 0.2) is 0 Å². The average Bonchev–Trinajstić information content (AvgIpc) is 2.70. The summed E-state index contributed by atoms with van der Waals surface area (Å²) in [7, 11) is 0. The maximum atomic E-state index is 13.7. The summed E-state index contributed by atoms with van der Waals surface area (Å²) < 4.78 is 18.7. The summed E-state index contributed by atoms with van der Waals surface area (Å²) in [5.74, 6) is -0.722. The molecule has 0 aliphatic carbocycles. The first-order valence-electron chi connectivity index (χ1n) is 9.14. The topological polar surface area (TPSA) is 96.5 Å². The van der Waals surface area contributed by atoms with Crippen molar-refractivity contribution in [2.24, 2.45) is 0 Å². The lowest BCUT2D eigenvalue weighted by molar-refractivity contribution is 0.0980. The quantitative estimate of drug-likeness (QED) is 0.819. The van der Waals surface area contributed by atoms with Crippen LogP contribution in [-0.2, 0) is 4.74 Å². The van der Waals surface area contributed by atoms with Crippen molar-refractivity contribution in [1.29, 1.82) is 0 Å². The highest BCUT2D eigenvalue weighted by Gasteiger charge is 2.24. The zero-order chi connectivity index (χ0) is 19.9. The first kappa shape index (κ1) is 19.5. The van der Waals surface area contributed by atoms with Gasteiger partial charge in [-0.25, -0.2) is 19.2 Å². The fraction of sp³-hybridized carbons (Fsp3) is 0.368. The number of hydrogen-bond acceptors (Lipinski definition) is 6. The molecule has 2 heterocycles. The molecule has 0 atom stereocenters. The van der Waals surface area contributed by atoms with Crippen LogP contribution < -0.4 is 10.6 Å². The minimum absolute atomic E-state index is 0.0792. The van der Waals surface area contributed by atoms with E-state index < -0.39 is 11.7 Å². The summed E-state index contributed by atoms with van der Waals surface area (Å²) >= 11 is 0.